The number of carbonyl (C=O) groups is 1. The number of nitrogens with two attached hydrogens (primary N) is 1. The van der Waals surface area contributed by atoms with Crippen molar-refractivity contribution in [2.24, 2.45) is 16.8 Å². The first-order valence-corrected chi connectivity index (χ1v) is 6.27. The van der Waals surface area contributed by atoms with E-state index in [1.165, 1.54) is 0 Å². The van der Waals surface area contributed by atoms with Crippen LogP contribution < -0.4 is 5.73 Å². The van der Waals surface area contributed by atoms with Gasteiger partial charge in [0, 0.05) is 13.1 Å². The molecule has 1 atom stereocenters. The molecule has 1 unspecified atom stereocenters. The van der Waals surface area contributed by atoms with Gasteiger partial charge in [0.05, 0.1) is 5.92 Å². The maximum atomic E-state index is 12.2. The van der Waals surface area contributed by atoms with Gasteiger partial charge in [-0.1, -0.05) is 32.3 Å². The van der Waals surface area contributed by atoms with Gasteiger partial charge in [0.15, 0.2) is 5.84 Å². The molecule has 17 heavy (non-hydrogen) atoms. The van der Waals surface area contributed by atoms with Crippen molar-refractivity contribution in [1.82, 2.24) is 4.90 Å². The maximum Gasteiger partial charge on any atom is 0.233 e. The van der Waals surface area contributed by atoms with E-state index in [2.05, 4.69) is 19.0 Å². The smallest absolute Gasteiger partial charge is 0.233 e. The van der Waals surface area contributed by atoms with Gasteiger partial charge in [0.1, 0.15) is 0 Å². The first-order chi connectivity index (χ1) is 8.03. The Morgan fingerprint density at radius 2 is 1.88 bits per heavy atom. The van der Waals surface area contributed by atoms with Crippen LogP contribution in [0.2, 0.25) is 0 Å². The lowest BCUT2D eigenvalue weighted by Gasteiger charge is -2.29. The fraction of sp³-hybridized carbons (Fsp3) is 0.833. The van der Waals surface area contributed by atoms with Crippen molar-refractivity contribution in [2.45, 2.75) is 52.5 Å². The van der Waals surface area contributed by atoms with Gasteiger partial charge in [-0.05, 0) is 19.3 Å². The summed E-state index contributed by atoms with van der Waals surface area (Å²) >= 11 is 0. The number of amidine groups is 1. The van der Waals surface area contributed by atoms with Crippen molar-refractivity contribution in [1.29, 1.82) is 0 Å². The molecule has 0 aliphatic rings. The highest BCUT2D eigenvalue weighted by molar-refractivity contribution is 6.02. The van der Waals surface area contributed by atoms with E-state index in [-0.39, 0.29) is 17.8 Å². The van der Waals surface area contributed by atoms with Gasteiger partial charge in [-0.25, -0.2) is 0 Å². The molecule has 0 fully saturated rings. The van der Waals surface area contributed by atoms with E-state index in [9.17, 15) is 4.79 Å². The summed E-state index contributed by atoms with van der Waals surface area (Å²) in [7, 11) is 1.79. The van der Waals surface area contributed by atoms with Gasteiger partial charge in [-0.15, -0.1) is 0 Å². The molecule has 0 bridgehead atoms. The third-order valence-corrected chi connectivity index (χ3v) is 3.19. The quantitative estimate of drug-likeness (QED) is 0.310. The second-order valence-electron chi connectivity index (χ2n) is 4.29. The van der Waals surface area contributed by atoms with Gasteiger partial charge in [0.25, 0.3) is 0 Å². The first kappa shape index (κ1) is 15.7. The predicted molar refractivity (Wildman–Crippen MR) is 68.9 cm³/mol. The van der Waals surface area contributed by atoms with Crippen molar-refractivity contribution in [3.63, 3.8) is 0 Å². The first-order valence-electron chi connectivity index (χ1n) is 6.27. The minimum Gasteiger partial charge on any atom is -0.409 e. The third kappa shape index (κ3) is 4.24. The highest BCUT2D eigenvalue weighted by Gasteiger charge is 2.28. The Morgan fingerprint density at radius 1 is 1.35 bits per heavy atom. The molecular weight excluding hydrogens is 218 g/mol. The Morgan fingerprint density at radius 3 is 2.24 bits per heavy atom. The van der Waals surface area contributed by atoms with Crippen molar-refractivity contribution >= 4 is 11.7 Å². The van der Waals surface area contributed by atoms with E-state index in [4.69, 9.17) is 10.9 Å². The topological polar surface area (TPSA) is 78.9 Å². The van der Waals surface area contributed by atoms with Gasteiger partial charge in [0.2, 0.25) is 5.91 Å². The van der Waals surface area contributed by atoms with Crippen molar-refractivity contribution in [3.8, 4) is 0 Å². The minimum absolute atomic E-state index is 0.00894. The van der Waals surface area contributed by atoms with Crippen LogP contribution in [0.3, 0.4) is 0 Å². The van der Waals surface area contributed by atoms with E-state index in [1.807, 2.05) is 6.92 Å². The summed E-state index contributed by atoms with van der Waals surface area (Å²) in [5.41, 5.74) is 5.58. The van der Waals surface area contributed by atoms with E-state index >= 15 is 0 Å². The molecule has 3 N–H and O–H groups in total. The molecule has 5 nitrogen and oxygen atoms in total. The third-order valence-electron chi connectivity index (χ3n) is 3.19. The molecule has 0 aliphatic heterocycles. The second-order valence-corrected chi connectivity index (χ2v) is 4.29. The van der Waals surface area contributed by atoms with E-state index in [0.29, 0.717) is 6.42 Å². The Labute approximate surface area is 104 Å². The molecule has 0 saturated heterocycles. The number of rotatable bonds is 7. The summed E-state index contributed by atoms with van der Waals surface area (Å²) in [4.78, 5) is 14.0. The van der Waals surface area contributed by atoms with Crippen LogP contribution in [0.1, 0.15) is 46.5 Å². The highest BCUT2D eigenvalue weighted by Crippen LogP contribution is 2.15. The van der Waals surface area contributed by atoms with Gasteiger partial charge in [-0.3, -0.25) is 4.79 Å². The Bertz CT molecular complexity index is 262. The fourth-order valence-electron chi connectivity index (χ4n) is 2.02. The molecule has 0 rings (SSSR count). The lowest BCUT2D eigenvalue weighted by molar-refractivity contribution is -0.134. The Balaban J connectivity index is 4.82. The van der Waals surface area contributed by atoms with Gasteiger partial charge in [-0.2, -0.15) is 0 Å². The molecule has 0 aromatic carbocycles. The van der Waals surface area contributed by atoms with Crippen molar-refractivity contribution < 1.29 is 10.0 Å². The summed E-state index contributed by atoms with van der Waals surface area (Å²) in [5.74, 6) is -0.555. The number of amides is 1. The molecule has 0 aliphatic carbocycles. The SMILES string of the molecule is CCCC(C(=O)N(C)C(CC)CC)/C(N)=N/O. The summed E-state index contributed by atoms with van der Waals surface area (Å²) in [5, 5.41) is 11.7. The highest BCUT2D eigenvalue weighted by atomic mass is 16.4. The summed E-state index contributed by atoms with van der Waals surface area (Å²) in [6, 6.07) is 0.216. The Kier molecular flexibility index (Phi) is 7.34. The fourth-order valence-corrected chi connectivity index (χ4v) is 2.02. The van der Waals surface area contributed by atoms with E-state index in [0.717, 1.165) is 19.3 Å². The molecule has 0 aromatic rings. The average molecular weight is 243 g/mol. The molecule has 100 valence electrons. The van der Waals surface area contributed by atoms with E-state index in [1.54, 1.807) is 11.9 Å². The molecule has 0 radical (unpaired) electrons. The lowest BCUT2D eigenvalue weighted by Crippen LogP contribution is -2.44. The molecule has 1 amide bonds. The molecule has 0 heterocycles. The van der Waals surface area contributed by atoms with Crippen LogP contribution in [0.5, 0.6) is 0 Å². The minimum atomic E-state index is -0.504. The zero-order valence-electron chi connectivity index (χ0n) is 11.3. The zero-order valence-corrected chi connectivity index (χ0v) is 11.3. The number of hydrogen-bond donors (Lipinski definition) is 2. The van der Waals surface area contributed by atoms with E-state index < -0.39 is 5.92 Å². The molecule has 0 spiro atoms. The van der Waals surface area contributed by atoms with Crippen LogP contribution in [0, 0.1) is 5.92 Å². The molecule has 0 aromatic heterocycles. The summed E-state index contributed by atoms with van der Waals surface area (Å²) in [6.07, 6.45) is 3.25. The largest absolute Gasteiger partial charge is 0.409 e. The predicted octanol–water partition coefficient (Wildman–Crippen LogP) is 1.80. The zero-order chi connectivity index (χ0) is 13.4. The van der Waals surface area contributed by atoms with Crippen LogP contribution >= 0.6 is 0 Å². The molecular formula is C12H25N3O2. The number of carbonyl (C=O) groups excluding carboxylic acids is 1. The Hall–Kier alpha value is -1.26. The van der Waals surface area contributed by atoms with Crippen LogP contribution in [-0.4, -0.2) is 34.9 Å². The van der Waals surface area contributed by atoms with Crippen LogP contribution in [0.25, 0.3) is 0 Å². The number of hydrogen-bond acceptors (Lipinski definition) is 3. The summed E-state index contributed by atoms with van der Waals surface area (Å²) < 4.78 is 0. The van der Waals surface area contributed by atoms with Crippen molar-refractivity contribution in [2.75, 3.05) is 7.05 Å². The van der Waals surface area contributed by atoms with Gasteiger partial charge >= 0.3 is 0 Å². The lowest BCUT2D eigenvalue weighted by atomic mass is 9.99. The monoisotopic (exact) mass is 243 g/mol. The normalized spacial score (nSPS) is 13.8. The van der Waals surface area contributed by atoms with Crippen LogP contribution in [0.4, 0.5) is 0 Å². The standard InChI is InChI=1S/C12H25N3O2/c1-5-8-10(11(13)14-17)12(16)15(4)9(6-2)7-3/h9-10,17H,5-8H2,1-4H3,(H2,13,14). The second kappa shape index (κ2) is 7.92. The van der Waals surface area contributed by atoms with Gasteiger partial charge < -0.3 is 15.8 Å². The maximum absolute atomic E-state index is 12.2. The molecule has 0 saturated carbocycles. The van der Waals surface area contributed by atoms with Crippen LogP contribution in [-0.2, 0) is 4.79 Å². The van der Waals surface area contributed by atoms with Crippen LogP contribution in [0.15, 0.2) is 5.16 Å². The van der Waals surface area contributed by atoms with Crippen molar-refractivity contribution in [3.05, 3.63) is 0 Å². The number of oxime groups is 1. The molecule has 5 heteroatoms. The number of nitrogens with zero attached hydrogens (tertiary/aromatic N) is 2. The average Bonchev–Trinajstić information content (AvgIpc) is 2.35. The summed E-state index contributed by atoms with van der Waals surface area (Å²) in [6.45, 7) is 6.08.